The number of halogens is 1. The zero-order valence-corrected chi connectivity index (χ0v) is 11.4. The van der Waals surface area contributed by atoms with Crippen molar-refractivity contribution in [1.29, 1.82) is 0 Å². The van der Waals surface area contributed by atoms with Gasteiger partial charge >= 0.3 is 12.0 Å². The number of carboxylic acid groups (broad SMARTS) is 1. The summed E-state index contributed by atoms with van der Waals surface area (Å²) in [7, 11) is 1.91. The summed E-state index contributed by atoms with van der Waals surface area (Å²) in [6.07, 6.45) is 0. The molecule has 0 fully saturated rings. The van der Waals surface area contributed by atoms with E-state index in [0.29, 0.717) is 13.1 Å². The molecule has 1 aromatic carbocycles. The quantitative estimate of drug-likeness (QED) is 0.740. The molecule has 1 aromatic rings. The molecule has 0 radical (unpaired) electrons. The van der Waals surface area contributed by atoms with Crippen LogP contribution in [0, 0.1) is 5.82 Å². The van der Waals surface area contributed by atoms with Gasteiger partial charge in [-0.25, -0.2) is 14.0 Å². The maximum atomic E-state index is 13.4. The van der Waals surface area contributed by atoms with Crippen molar-refractivity contribution in [2.75, 3.05) is 32.0 Å². The van der Waals surface area contributed by atoms with Gasteiger partial charge in [0.15, 0.2) is 0 Å². The Balaban J connectivity index is 2.62. The fourth-order valence-electron chi connectivity index (χ4n) is 1.53. The highest BCUT2D eigenvalue weighted by Gasteiger charge is 2.16. The Labute approximate surface area is 116 Å². The Morgan fingerprint density at radius 2 is 2.10 bits per heavy atom. The Morgan fingerprint density at radius 1 is 1.40 bits per heavy atom. The van der Waals surface area contributed by atoms with Crippen LogP contribution in [0.5, 0.6) is 0 Å². The minimum Gasteiger partial charge on any atom is -0.478 e. The number of nitrogens with zero attached hydrogens (tertiary/aromatic N) is 1. The number of benzene rings is 1. The Hall–Kier alpha value is -2.15. The van der Waals surface area contributed by atoms with Gasteiger partial charge in [0.25, 0.3) is 0 Å². The topological polar surface area (TPSA) is 81.7 Å². The van der Waals surface area contributed by atoms with E-state index < -0.39 is 23.4 Å². The van der Waals surface area contributed by atoms with E-state index in [4.69, 9.17) is 5.11 Å². The van der Waals surface area contributed by atoms with Gasteiger partial charge in [-0.3, -0.25) is 0 Å². The monoisotopic (exact) mass is 283 g/mol. The molecule has 0 heterocycles. The number of carbonyl (C=O) groups excluding carboxylic acids is 1. The number of urea groups is 1. The third-order valence-corrected chi connectivity index (χ3v) is 2.79. The number of likely N-dealkylation sites (N-methyl/N-ethyl adjacent to an activating group) is 1. The van der Waals surface area contributed by atoms with Gasteiger partial charge in [-0.2, -0.15) is 0 Å². The van der Waals surface area contributed by atoms with Crippen molar-refractivity contribution in [2.24, 2.45) is 0 Å². The molecule has 0 saturated heterocycles. The first kappa shape index (κ1) is 15.9. The molecule has 0 unspecified atom stereocenters. The summed E-state index contributed by atoms with van der Waals surface area (Å²) in [6.45, 7) is 3.93. The summed E-state index contributed by atoms with van der Waals surface area (Å²) < 4.78 is 13.4. The zero-order valence-electron chi connectivity index (χ0n) is 11.4. The normalized spacial score (nSPS) is 10.4. The second kappa shape index (κ2) is 7.44. The van der Waals surface area contributed by atoms with Gasteiger partial charge in [0, 0.05) is 13.1 Å². The molecular weight excluding hydrogens is 265 g/mol. The number of hydrogen-bond acceptors (Lipinski definition) is 3. The highest BCUT2D eigenvalue weighted by Crippen LogP contribution is 2.18. The van der Waals surface area contributed by atoms with Crippen LogP contribution in [0.25, 0.3) is 0 Å². The van der Waals surface area contributed by atoms with E-state index in [1.807, 2.05) is 18.9 Å². The van der Waals surface area contributed by atoms with Crippen LogP contribution in [0.2, 0.25) is 0 Å². The number of rotatable bonds is 6. The lowest BCUT2D eigenvalue weighted by atomic mass is 10.1. The number of carboxylic acids is 1. The second-order valence-corrected chi connectivity index (χ2v) is 4.24. The summed E-state index contributed by atoms with van der Waals surface area (Å²) in [5.74, 6) is -2.31. The van der Waals surface area contributed by atoms with Crippen LogP contribution in [0.4, 0.5) is 14.9 Å². The van der Waals surface area contributed by atoms with E-state index in [1.54, 1.807) is 0 Å². The molecule has 0 aliphatic heterocycles. The molecule has 0 bridgehead atoms. The van der Waals surface area contributed by atoms with Crippen molar-refractivity contribution in [3.8, 4) is 0 Å². The van der Waals surface area contributed by atoms with E-state index in [-0.39, 0.29) is 5.69 Å². The molecule has 110 valence electrons. The van der Waals surface area contributed by atoms with E-state index in [2.05, 4.69) is 10.6 Å². The SMILES string of the molecule is CCN(C)CCNC(=O)Nc1cccc(F)c1C(=O)O. The molecule has 0 atom stereocenters. The largest absolute Gasteiger partial charge is 0.478 e. The Bertz CT molecular complexity index is 494. The molecule has 6 nitrogen and oxygen atoms in total. The molecule has 0 aliphatic carbocycles. The van der Waals surface area contributed by atoms with Crippen molar-refractivity contribution < 1.29 is 19.1 Å². The van der Waals surface area contributed by atoms with E-state index in [0.717, 1.165) is 12.6 Å². The van der Waals surface area contributed by atoms with Crippen molar-refractivity contribution >= 4 is 17.7 Å². The first-order valence-corrected chi connectivity index (χ1v) is 6.21. The lowest BCUT2D eigenvalue weighted by Crippen LogP contribution is -2.35. The average Bonchev–Trinajstić information content (AvgIpc) is 2.38. The molecule has 7 heteroatoms. The van der Waals surface area contributed by atoms with Crippen molar-refractivity contribution in [3.05, 3.63) is 29.6 Å². The molecule has 20 heavy (non-hydrogen) atoms. The highest BCUT2D eigenvalue weighted by atomic mass is 19.1. The first-order chi connectivity index (χ1) is 9.45. The van der Waals surface area contributed by atoms with Gasteiger partial charge in [-0.1, -0.05) is 13.0 Å². The van der Waals surface area contributed by atoms with Crippen molar-refractivity contribution in [3.63, 3.8) is 0 Å². The summed E-state index contributed by atoms with van der Waals surface area (Å²) >= 11 is 0. The standard InChI is InChI=1S/C13H18FN3O3/c1-3-17(2)8-7-15-13(20)16-10-6-4-5-9(14)11(10)12(18)19/h4-6H,3,7-8H2,1-2H3,(H,18,19)(H2,15,16,20). The summed E-state index contributed by atoms with van der Waals surface area (Å²) in [5, 5.41) is 13.8. The number of amides is 2. The molecular formula is C13H18FN3O3. The minimum atomic E-state index is -1.43. The van der Waals surface area contributed by atoms with Crippen molar-refractivity contribution in [2.45, 2.75) is 6.92 Å². The van der Waals surface area contributed by atoms with Crippen LogP contribution in [0.1, 0.15) is 17.3 Å². The van der Waals surface area contributed by atoms with Gasteiger partial charge in [-0.05, 0) is 25.7 Å². The molecule has 0 aromatic heterocycles. The number of nitrogens with one attached hydrogen (secondary N) is 2. The van der Waals surface area contributed by atoms with Gasteiger partial charge in [0.2, 0.25) is 0 Å². The summed E-state index contributed by atoms with van der Waals surface area (Å²) in [6, 6.07) is 3.14. The number of aromatic carboxylic acids is 1. The lowest BCUT2D eigenvalue weighted by molar-refractivity contribution is 0.0693. The third kappa shape index (κ3) is 4.51. The van der Waals surface area contributed by atoms with Crippen molar-refractivity contribution in [1.82, 2.24) is 10.2 Å². The fraction of sp³-hybridized carbons (Fsp3) is 0.385. The fourth-order valence-corrected chi connectivity index (χ4v) is 1.53. The number of anilines is 1. The minimum absolute atomic E-state index is 0.0705. The molecule has 2 amide bonds. The Kier molecular flexibility index (Phi) is 5.92. The van der Waals surface area contributed by atoms with Crippen LogP contribution in [-0.4, -0.2) is 48.7 Å². The van der Waals surface area contributed by atoms with Gasteiger partial charge in [-0.15, -0.1) is 0 Å². The van der Waals surface area contributed by atoms with Gasteiger partial charge in [0.05, 0.1) is 5.69 Å². The maximum Gasteiger partial charge on any atom is 0.340 e. The number of hydrogen-bond donors (Lipinski definition) is 3. The molecule has 3 N–H and O–H groups in total. The predicted octanol–water partition coefficient (Wildman–Crippen LogP) is 1.60. The van der Waals surface area contributed by atoms with Gasteiger partial charge < -0.3 is 20.6 Å². The third-order valence-electron chi connectivity index (χ3n) is 2.79. The molecule has 0 aliphatic rings. The number of carbonyl (C=O) groups is 2. The Morgan fingerprint density at radius 3 is 2.70 bits per heavy atom. The van der Waals surface area contributed by atoms with Crippen LogP contribution < -0.4 is 10.6 Å². The van der Waals surface area contributed by atoms with E-state index >= 15 is 0 Å². The maximum absolute atomic E-state index is 13.4. The van der Waals surface area contributed by atoms with Crippen LogP contribution in [0.3, 0.4) is 0 Å². The molecule has 0 spiro atoms. The zero-order chi connectivity index (χ0) is 15.1. The summed E-state index contributed by atoms with van der Waals surface area (Å²) in [4.78, 5) is 24.6. The van der Waals surface area contributed by atoms with Gasteiger partial charge in [0.1, 0.15) is 11.4 Å². The predicted molar refractivity (Wildman–Crippen MR) is 73.6 cm³/mol. The molecule has 0 saturated carbocycles. The van der Waals surface area contributed by atoms with E-state index in [9.17, 15) is 14.0 Å². The average molecular weight is 283 g/mol. The first-order valence-electron chi connectivity index (χ1n) is 6.21. The van der Waals surface area contributed by atoms with Crippen LogP contribution in [-0.2, 0) is 0 Å². The smallest absolute Gasteiger partial charge is 0.340 e. The second-order valence-electron chi connectivity index (χ2n) is 4.24. The van der Waals surface area contributed by atoms with Crippen LogP contribution in [0.15, 0.2) is 18.2 Å². The summed E-state index contributed by atoms with van der Waals surface area (Å²) in [5.41, 5.74) is -0.618. The highest BCUT2D eigenvalue weighted by molar-refractivity contribution is 6.00. The van der Waals surface area contributed by atoms with E-state index in [1.165, 1.54) is 12.1 Å². The molecule has 1 rings (SSSR count). The lowest BCUT2D eigenvalue weighted by Gasteiger charge is -2.15. The van der Waals surface area contributed by atoms with Crippen LogP contribution >= 0.6 is 0 Å².